The molecule has 0 saturated heterocycles. The predicted molar refractivity (Wildman–Crippen MR) is 120 cm³/mol. The smallest absolute Gasteiger partial charge is 0.375 e. The Kier molecular flexibility index (Phi) is 7.04. The molecule has 0 bridgehead atoms. The van der Waals surface area contributed by atoms with Gasteiger partial charge in [0.25, 0.3) is 11.6 Å². The Morgan fingerprint density at radius 1 is 0.909 bits per heavy atom. The minimum absolute atomic E-state index is 0.0370. The molecule has 170 valence electrons. The molecule has 0 heterocycles. The van der Waals surface area contributed by atoms with E-state index in [1.807, 2.05) is 0 Å². The Morgan fingerprint density at radius 2 is 1.61 bits per heavy atom. The first-order valence-corrected chi connectivity index (χ1v) is 9.95. The van der Waals surface area contributed by atoms with Gasteiger partial charge in [0, 0.05) is 17.7 Å². The number of ether oxygens (including phenoxy) is 1. The quantitative estimate of drug-likeness (QED) is 0.286. The van der Waals surface area contributed by atoms with Gasteiger partial charge in [-0.05, 0) is 51.1 Å². The van der Waals surface area contributed by atoms with Gasteiger partial charge in [-0.1, -0.05) is 24.3 Å². The van der Waals surface area contributed by atoms with Crippen molar-refractivity contribution in [3.05, 3.63) is 94.0 Å². The molecule has 33 heavy (non-hydrogen) atoms. The van der Waals surface area contributed by atoms with E-state index in [-0.39, 0.29) is 28.4 Å². The van der Waals surface area contributed by atoms with Gasteiger partial charge >= 0.3 is 5.97 Å². The van der Waals surface area contributed by atoms with E-state index in [2.05, 4.69) is 5.32 Å². The molecule has 0 radical (unpaired) electrons. The molecule has 3 aromatic carbocycles. The van der Waals surface area contributed by atoms with Gasteiger partial charge in [0.1, 0.15) is 17.1 Å². The molecule has 0 aliphatic rings. The maximum absolute atomic E-state index is 12.7. The van der Waals surface area contributed by atoms with Crippen molar-refractivity contribution in [3.63, 3.8) is 0 Å². The van der Waals surface area contributed by atoms with Crippen LogP contribution in [0.25, 0.3) is 0 Å². The van der Waals surface area contributed by atoms with Gasteiger partial charge < -0.3 is 10.1 Å². The third-order valence-electron chi connectivity index (χ3n) is 4.13. The normalized spacial score (nSPS) is 10.9. The number of anilines is 1. The van der Waals surface area contributed by atoms with Crippen LogP contribution in [0.15, 0.2) is 72.8 Å². The molecular formula is C24H22N2O7. The molecule has 0 aliphatic carbocycles. The van der Waals surface area contributed by atoms with E-state index in [4.69, 9.17) is 14.5 Å². The molecule has 0 aliphatic heterocycles. The molecule has 0 fully saturated rings. The predicted octanol–water partition coefficient (Wildman–Crippen LogP) is 5.53. The topological polar surface area (TPSA) is 117 Å². The van der Waals surface area contributed by atoms with Crippen LogP contribution in [0.5, 0.6) is 11.5 Å². The van der Waals surface area contributed by atoms with Crippen LogP contribution in [0, 0.1) is 10.1 Å². The Morgan fingerprint density at radius 3 is 2.27 bits per heavy atom. The maximum Gasteiger partial charge on any atom is 0.375 e. The summed E-state index contributed by atoms with van der Waals surface area (Å²) in [5.74, 6) is -0.799. The van der Waals surface area contributed by atoms with Crippen molar-refractivity contribution in [2.75, 3.05) is 5.32 Å². The third kappa shape index (κ3) is 6.62. The summed E-state index contributed by atoms with van der Waals surface area (Å²) < 4.78 is 5.71. The summed E-state index contributed by atoms with van der Waals surface area (Å²) in [6.07, 6.45) is 0. The summed E-state index contributed by atoms with van der Waals surface area (Å²) in [5.41, 5.74) is -0.324. The summed E-state index contributed by atoms with van der Waals surface area (Å²) in [6, 6.07) is 18.4. The Balaban J connectivity index is 1.91. The highest BCUT2D eigenvalue weighted by Crippen LogP contribution is 2.30. The highest BCUT2D eigenvalue weighted by atomic mass is 17.2. The number of nitro benzene ring substituents is 1. The molecule has 3 rings (SSSR count). The van der Waals surface area contributed by atoms with Gasteiger partial charge in [0.05, 0.1) is 22.2 Å². The van der Waals surface area contributed by atoms with E-state index in [1.165, 1.54) is 36.4 Å². The summed E-state index contributed by atoms with van der Waals surface area (Å²) >= 11 is 0. The first kappa shape index (κ1) is 23.4. The first-order valence-electron chi connectivity index (χ1n) is 9.95. The number of rotatable bonds is 7. The molecule has 9 nitrogen and oxygen atoms in total. The fourth-order valence-corrected chi connectivity index (χ4v) is 2.66. The van der Waals surface area contributed by atoms with Crippen LogP contribution >= 0.6 is 0 Å². The molecule has 0 spiro atoms. The number of hydrogen-bond acceptors (Lipinski definition) is 7. The number of non-ortho nitro benzene ring substituents is 1. The number of nitrogens with one attached hydrogen (secondary N) is 1. The summed E-state index contributed by atoms with van der Waals surface area (Å²) in [4.78, 5) is 45.8. The van der Waals surface area contributed by atoms with Gasteiger partial charge in [-0.15, -0.1) is 0 Å². The fraction of sp³-hybridized carbons (Fsp3) is 0.167. The zero-order valence-electron chi connectivity index (χ0n) is 18.2. The summed E-state index contributed by atoms with van der Waals surface area (Å²) in [5, 5.41) is 13.7. The number of hydrogen-bond donors (Lipinski definition) is 1. The van der Waals surface area contributed by atoms with E-state index >= 15 is 0 Å². The Hall–Kier alpha value is -4.24. The highest BCUT2D eigenvalue weighted by Gasteiger charge is 2.21. The van der Waals surface area contributed by atoms with Crippen molar-refractivity contribution < 1.29 is 29.0 Å². The first-order chi connectivity index (χ1) is 15.6. The molecule has 9 heteroatoms. The second-order valence-corrected chi connectivity index (χ2v) is 7.95. The number of nitrogens with zero attached hydrogens (tertiary/aromatic N) is 1. The van der Waals surface area contributed by atoms with Gasteiger partial charge in [-0.25, -0.2) is 4.79 Å². The van der Waals surface area contributed by atoms with Gasteiger partial charge in [-0.2, -0.15) is 4.89 Å². The van der Waals surface area contributed by atoms with Crippen LogP contribution in [0.4, 0.5) is 11.4 Å². The second kappa shape index (κ2) is 9.92. The third-order valence-corrected chi connectivity index (χ3v) is 4.13. The minimum Gasteiger partial charge on any atom is -0.457 e. The maximum atomic E-state index is 12.7. The SMILES string of the molecule is CC(C)(C)OOC(=O)c1ccc(Oc2cccc([N+](=O)[O-])c2)cc1NC(=O)c1ccccc1. The van der Waals surface area contributed by atoms with Crippen LogP contribution in [-0.2, 0) is 9.78 Å². The molecule has 3 aromatic rings. The zero-order chi connectivity index (χ0) is 24.0. The van der Waals surface area contributed by atoms with Gasteiger partial charge in [-0.3, -0.25) is 19.8 Å². The Bertz CT molecular complexity index is 1170. The second-order valence-electron chi connectivity index (χ2n) is 7.95. The number of amides is 1. The lowest BCUT2D eigenvalue weighted by molar-refractivity contribution is -0.384. The van der Waals surface area contributed by atoms with Crippen LogP contribution in [0.1, 0.15) is 41.5 Å². The highest BCUT2D eigenvalue weighted by molar-refractivity contribution is 6.08. The van der Waals surface area contributed by atoms with Gasteiger partial charge in [0.15, 0.2) is 0 Å². The van der Waals surface area contributed by atoms with Crippen molar-refractivity contribution >= 4 is 23.3 Å². The zero-order valence-corrected chi connectivity index (χ0v) is 18.2. The lowest BCUT2D eigenvalue weighted by Gasteiger charge is -2.18. The van der Waals surface area contributed by atoms with E-state index < -0.39 is 22.4 Å². The fourth-order valence-electron chi connectivity index (χ4n) is 2.66. The van der Waals surface area contributed by atoms with Crippen molar-refractivity contribution in [1.82, 2.24) is 0 Å². The lowest BCUT2D eigenvalue weighted by atomic mass is 10.1. The largest absolute Gasteiger partial charge is 0.457 e. The van der Waals surface area contributed by atoms with Crippen LogP contribution in [0.3, 0.4) is 0 Å². The number of carbonyl (C=O) groups is 2. The Labute approximate surface area is 190 Å². The van der Waals surface area contributed by atoms with E-state index in [0.717, 1.165) is 0 Å². The van der Waals surface area contributed by atoms with Crippen LogP contribution in [0.2, 0.25) is 0 Å². The van der Waals surface area contributed by atoms with Gasteiger partial charge in [0.2, 0.25) is 0 Å². The number of carbonyl (C=O) groups excluding carboxylic acids is 2. The van der Waals surface area contributed by atoms with Crippen molar-refractivity contribution in [1.29, 1.82) is 0 Å². The standard InChI is InChI=1S/C24H22N2O7/c1-24(2,3)33-32-23(28)20-13-12-19(31-18-11-7-10-17(14-18)26(29)30)15-21(20)25-22(27)16-8-5-4-6-9-16/h4-15H,1-3H3,(H,25,27). The van der Waals surface area contributed by atoms with E-state index in [0.29, 0.717) is 5.56 Å². The molecule has 1 amide bonds. The minimum atomic E-state index is -0.810. The summed E-state index contributed by atoms with van der Waals surface area (Å²) in [7, 11) is 0. The molecular weight excluding hydrogens is 428 g/mol. The monoisotopic (exact) mass is 450 g/mol. The lowest BCUT2D eigenvalue weighted by Crippen LogP contribution is -2.23. The number of nitro groups is 1. The molecule has 0 atom stereocenters. The average Bonchev–Trinajstić information content (AvgIpc) is 2.78. The molecule has 0 saturated carbocycles. The van der Waals surface area contributed by atoms with Crippen LogP contribution < -0.4 is 10.1 Å². The van der Waals surface area contributed by atoms with Crippen molar-refractivity contribution in [2.24, 2.45) is 0 Å². The van der Waals surface area contributed by atoms with Crippen LogP contribution in [-0.4, -0.2) is 22.4 Å². The molecule has 1 N–H and O–H groups in total. The molecule has 0 aromatic heterocycles. The van der Waals surface area contributed by atoms with E-state index in [1.54, 1.807) is 57.2 Å². The number of benzene rings is 3. The van der Waals surface area contributed by atoms with Crippen molar-refractivity contribution in [2.45, 2.75) is 26.4 Å². The van der Waals surface area contributed by atoms with E-state index in [9.17, 15) is 19.7 Å². The van der Waals surface area contributed by atoms with Crippen molar-refractivity contribution in [3.8, 4) is 11.5 Å². The summed E-state index contributed by atoms with van der Waals surface area (Å²) in [6.45, 7) is 5.15. The molecule has 0 unspecified atom stereocenters. The average molecular weight is 450 g/mol.